The molecule has 11 N–H and O–H groups in total. The van der Waals surface area contributed by atoms with Crippen molar-refractivity contribution >= 4 is 0 Å². The molecule has 4 heterocycles. The van der Waals surface area contributed by atoms with E-state index in [1.807, 2.05) is 0 Å². The molecule has 46 heavy (non-hydrogen) atoms. The van der Waals surface area contributed by atoms with Crippen molar-refractivity contribution in [2.24, 2.45) is 11.8 Å². The van der Waals surface area contributed by atoms with Crippen molar-refractivity contribution in [1.82, 2.24) is 0 Å². The van der Waals surface area contributed by atoms with Crippen LogP contribution in [0.4, 0.5) is 0 Å². The zero-order valence-corrected chi connectivity index (χ0v) is 25.6. The van der Waals surface area contributed by atoms with E-state index >= 15 is 0 Å². The summed E-state index contributed by atoms with van der Waals surface area (Å²) in [5.41, 5.74) is 0. The SMILES string of the molecule is CO[C@H]1OC(CO[C@@H]2OC(CO)[C@@H](O[C@@H]3O[C@@H](CO)[C@H](O)C(O)C3O)[C@H](O)C2C)[C@H](O)[C@H](O[C@@H]2OC(CO)[C@H](O)[C@H](O)C2O)C1C. The van der Waals surface area contributed by atoms with Crippen LogP contribution in [0.5, 0.6) is 0 Å². The van der Waals surface area contributed by atoms with E-state index in [-0.39, 0.29) is 6.61 Å². The first-order valence-electron chi connectivity index (χ1n) is 15.1. The third-order valence-electron chi connectivity index (χ3n) is 9.07. The Morgan fingerprint density at radius 2 is 0.913 bits per heavy atom. The van der Waals surface area contributed by atoms with E-state index in [1.165, 1.54) is 14.0 Å². The molecule has 0 saturated carbocycles. The summed E-state index contributed by atoms with van der Waals surface area (Å²) in [5.74, 6) is -1.51. The fraction of sp³-hybridized carbons (Fsp3) is 1.00. The molecule has 0 amide bonds. The Balaban J connectivity index is 1.41. The highest BCUT2D eigenvalue weighted by molar-refractivity contribution is 4.95. The summed E-state index contributed by atoms with van der Waals surface area (Å²) in [6, 6.07) is 0. The molecular formula is C27H48O19. The van der Waals surface area contributed by atoms with Crippen molar-refractivity contribution in [2.75, 3.05) is 33.5 Å². The van der Waals surface area contributed by atoms with Crippen LogP contribution in [-0.4, -0.2) is 200 Å². The third-order valence-corrected chi connectivity index (χ3v) is 9.07. The van der Waals surface area contributed by atoms with Crippen molar-refractivity contribution < 1.29 is 94.1 Å². The molecule has 20 atom stereocenters. The summed E-state index contributed by atoms with van der Waals surface area (Å²) in [6.07, 6.45) is -25.6. The van der Waals surface area contributed by atoms with E-state index in [1.54, 1.807) is 6.92 Å². The van der Waals surface area contributed by atoms with E-state index in [0.717, 1.165) is 0 Å². The highest BCUT2D eigenvalue weighted by atomic mass is 16.8. The number of rotatable bonds is 11. The molecule has 0 radical (unpaired) electrons. The Morgan fingerprint density at radius 1 is 0.457 bits per heavy atom. The summed E-state index contributed by atoms with van der Waals surface area (Å²) in [5, 5.41) is 112. The number of aliphatic hydroxyl groups is 11. The molecule has 4 aliphatic heterocycles. The van der Waals surface area contributed by atoms with Gasteiger partial charge in [0.15, 0.2) is 25.2 Å². The van der Waals surface area contributed by atoms with Gasteiger partial charge >= 0.3 is 0 Å². The van der Waals surface area contributed by atoms with Crippen LogP contribution in [0.2, 0.25) is 0 Å². The van der Waals surface area contributed by atoms with Gasteiger partial charge in [-0.25, -0.2) is 0 Å². The zero-order chi connectivity index (χ0) is 34.0. The summed E-state index contributed by atoms with van der Waals surface area (Å²) < 4.78 is 45.3. The minimum absolute atomic E-state index is 0.361. The largest absolute Gasteiger partial charge is 0.394 e. The van der Waals surface area contributed by atoms with E-state index in [9.17, 15) is 56.2 Å². The molecule has 4 fully saturated rings. The Morgan fingerprint density at radius 3 is 1.39 bits per heavy atom. The first-order valence-corrected chi connectivity index (χ1v) is 15.1. The van der Waals surface area contributed by atoms with E-state index < -0.39 is 142 Å². The van der Waals surface area contributed by atoms with Crippen LogP contribution in [-0.2, 0) is 37.9 Å². The Hall–Kier alpha value is -0.760. The normalized spacial score (nSPS) is 52.0. The summed E-state index contributed by atoms with van der Waals surface area (Å²) in [4.78, 5) is 0. The number of aliphatic hydroxyl groups excluding tert-OH is 11. The first-order chi connectivity index (χ1) is 21.8. The number of hydrogen-bond donors (Lipinski definition) is 11. The number of ether oxygens (including phenoxy) is 8. The van der Waals surface area contributed by atoms with Crippen molar-refractivity contribution in [3.8, 4) is 0 Å². The smallest absolute Gasteiger partial charge is 0.187 e. The monoisotopic (exact) mass is 676 g/mol. The number of methoxy groups -OCH3 is 1. The minimum Gasteiger partial charge on any atom is -0.394 e. The highest BCUT2D eigenvalue weighted by Gasteiger charge is 2.52. The second-order valence-corrected chi connectivity index (χ2v) is 12.1. The van der Waals surface area contributed by atoms with Crippen molar-refractivity contribution in [1.29, 1.82) is 0 Å². The molecule has 4 saturated heterocycles. The summed E-state index contributed by atoms with van der Waals surface area (Å²) >= 11 is 0. The van der Waals surface area contributed by atoms with Crippen LogP contribution >= 0.6 is 0 Å². The van der Waals surface area contributed by atoms with Crippen molar-refractivity contribution in [3.05, 3.63) is 0 Å². The lowest BCUT2D eigenvalue weighted by atomic mass is 9.91. The molecule has 0 aliphatic carbocycles. The van der Waals surface area contributed by atoms with Crippen LogP contribution in [0.1, 0.15) is 13.8 Å². The molecule has 4 rings (SSSR count). The van der Waals surface area contributed by atoms with Gasteiger partial charge in [-0.2, -0.15) is 0 Å². The van der Waals surface area contributed by atoms with E-state index in [0.29, 0.717) is 0 Å². The summed E-state index contributed by atoms with van der Waals surface area (Å²) in [7, 11) is 1.35. The van der Waals surface area contributed by atoms with Gasteiger partial charge in [0.2, 0.25) is 0 Å². The van der Waals surface area contributed by atoms with Crippen LogP contribution in [0.3, 0.4) is 0 Å². The van der Waals surface area contributed by atoms with Crippen LogP contribution in [0.25, 0.3) is 0 Å². The predicted octanol–water partition coefficient (Wildman–Crippen LogP) is -6.54. The summed E-state index contributed by atoms with van der Waals surface area (Å²) in [6.45, 7) is 0.745. The molecule has 0 bridgehead atoms. The van der Waals surface area contributed by atoms with E-state index in [4.69, 9.17) is 37.9 Å². The average molecular weight is 677 g/mol. The quantitative estimate of drug-likeness (QED) is 0.0969. The molecule has 0 aromatic carbocycles. The minimum atomic E-state index is -1.76. The molecule has 270 valence electrons. The van der Waals surface area contributed by atoms with Gasteiger partial charge in [-0.15, -0.1) is 0 Å². The molecule has 0 aromatic heterocycles. The lowest BCUT2D eigenvalue weighted by Crippen LogP contribution is -2.64. The molecule has 8 unspecified atom stereocenters. The lowest BCUT2D eigenvalue weighted by molar-refractivity contribution is -0.363. The van der Waals surface area contributed by atoms with E-state index in [2.05, 4.69) is 0 Å². The standard InChI is InChI=1S/C27H48O19/c1-8-14(31)23(46-27-21(38)19(36)16(33)11(5-29)42-27)12(6-30)43-25(8)40-7-13-17(34)22(9(2)24(39-3)44-13)45-26-20(37)18(35)15(32)10(4-28)41-26/h8-38H,4-7H2,1-3H3/t8?,9?,10?,11-,12?,13?,14+,15-,16-,17-,18-,19?,20?,21?,22+,23+,24-,25+,26-,27-/m0/s1. The fourth-order valence-electron chi connectivity index (χ4n) is 6.09. The highest BCUT2D eigenvalue weighted by Crippen LogP contribution is 2.35. The predicted molar refractivity (Wildman–Crippen MR) is 145 cm³/mol. The molecule has 19 nitrogen and oxygen atoms in total. The van der Waals surface area contributed by atoms with Crippen LogP contribution in [0.15, 0.2) is 0 Å². The van der Waals surface area contributed by atoms with Gasteiger partial charge in [0.25, 0.3) is 0 Å². The molecule has 4 aliphatic rings. The van der Waals surface area contributed by atoms with Crippen LogP contribution in [0, 0.1) is 11.8 Å². The first kappa shape index (κ1) is 38.0. The van der Waals surface area contributed by atoms with Gasteiger partial charge in [-0.05, 0) is 0 Å². The van der Waals surface area contributed by atoms with Crippen molar-refractivity contribution in [3.63, 3.8) is 0 Å². The lowest BCUT2D eigenvalue weighted by Gasteiger charge is -2.48. The van der Waals surface area contributed by atoms with Crippen molar-refractivity contribution in [2.45, 2.75) is 124 Å². The van der Waals surface area contributed by atoms with Gasteiger partial charge in [0, 0.05) is 18.9 Å². The maximum absolute atomic E-state index is 11.2. The Kier molecular flexibility index (Phi) is 13.5. The van der Waals surface area contributed by atoms with Gasteiger partial charge < -0.3 is 94.1 Å². The second-order valence-electron chi connectivity index (χ2n) is 12.1. The molecular weight excluding hydrogens is 628 g/mol. The van der Waals surface area contributed by atoms with Crippen LogP contribution < -0.4 is 0 Å². The Bertz CT molecular complexity index is 927. The molecule has 0 aromatic rings. The zero-order valence-electron chi connectivity index (χ0n) is 25.6. The fourth-order valence-corrected chi connectivity index (χ4v) is 6.09. The van der Waals surface area contributed by atoms with Gasteiger partial charge in [-0.1, -0.05) is 13.8 Å². The maximum atomic E-state index is 11.2. The van der Waals surface area contributed by atoms with Gasteiger partial charge in [0.05, 0.1) is 38.6 Å². The number of hydrogen-bond acceptors (Lipinski definition) is 19. The second kappa shape index (κ2) is 16.3. The third kappa shape index (κ3) is 7.68. The average Bonchev–Trinajstić information content (AvgIpc) is 3.05. The topological polar surface area (TPSA) is 296 Å². The van der Waals surface area contributed by atoms with Gasteiger partial charge in [-0.3, -0.25) is 0 Å². The Labute approximate surface area is 264 Å². The molecule has 19 heteroatoms. The molecule has 0 spiro atoms. The maximum Gasteiger partial charge on any atom is 0.187 e. The van der Waals surface area contributed by atoms with Gasteiger partial charge in [0.1, 0.15) is 73.2 Å².